The lowest BCUT2D eigenvalue weighted by molar-refractivity contribution is -0.274. The van der Waals surface area contributed by atoms with E-state index in [1.165, 1.54) is 12.1 Å². The van der Waals surface area contributed by atoms with Crippen LogP contribution in [0.5, 0.6) is 5.75 Å². The number of hydrogen-bond donors (Lipinski definition) is 1. The van der Waals surface area contributed by atoms with Crippen LogP contribution in [0.4, 0.5) is 13.2 Å². The maximum absolute atomic E-state index is 12.1. The molecule has 0 radical (unpaired) electrons. The summed E-state index contributed by atoms with van der Waals surface area (Å²) in [6.45, 7) is 0. The van der Waals surface area contributed by atoms with Crippen molar-refractivity contribution in [3.8, 4) is 11.8 Å². The predicted molar refractivity (Wildman–Crippen MR) is 54.7 cm³/mol. The van der Waals surface area contributed by atoms with E-state index in [9.17, 15) is 18.0 Å². The van der Waals surface area contributed by atoms with Gasteiger partial charge < -0.3 is 9.84 Å². The average molecular weight is 257 g/mol. The predicted octanol–water partition coefficient (Wildman–Crippen LogP) is 2.82. The Morgan fingerprint density at radius 3 is 2.61 bits per heavy atom. The van der Waals surface area contributed by atoms with Gasteiger partial charge in [0.15, 0.2) is 0 Å². The average Bonchev–Trinajstić information content (AvgIpc) is 2.23. The van der Waals surface area contributed by atoms with Gasteiger partial charge in [-0.25, -0.2) is 4.79 Å². The molecule has 0 bridgehead atoms. The van der Waals surface area contributed by atoms with Crippen LogP contribution in [0.1, 0.15) is 15.9 Å². The highest BCUT2D eigenvalue weighted by molar-refractivity contribution is 5.91. The lowest BCUT2D eigenvalue weighted by Gasteiger charge is -2.11. The summed E-state index contributed by atoms with van der Waals surface area (Å²) in [5, 5.41) is 17.0. The van der Waals surface area contributed by atoms with Crippen molar-refractivity contribution in [3.63, 3.8) is 0 Å². The van der Waals surface area contributed by atoms with Gasteiger partial charge in [-0.2, -0.15) is 5.26 Å². The SMILES string of the molecule is N#CC=Cc1ccc(C(=O)O)c(OC(F)(F)F)c1. The summed E-state index contributed by atoms with van der Waals surface area (Å²) in [6.07, 6.45) is -2.70. The number of aromatic carboxylic acids is 1. The highest BCUT2D eigenvalue weighted by Gasteiger charge is 2.33. The fraction of sp³-hybridized carbons (Fsp3) is 0.0909. The summed E-state index contributed by atoms with van der Waals surface area (Å²) in [7, 11) is 0. The molecule has 18 heavy (non-hydrogen) atoms. The van der Waals surface area contributed by atoms with Crippen molar-refractivity contribution in [2.75, 3.05) is 0 Å². The summed E-state index contributed by atoms with van der Waals surface area (Å²) in [5.74, 6) is -2.36. The second kappa shape index (κ2) is 5.23. The van der Waals surface area contributed by atoms with Gasteiger partial charge in [0, 0.05) is 6.08 Å². The molecule has 0 aliphatic carbocycles. The monoisotopic (exact) mass is 257 g/mol. The van der Waals surface area contributed by atoms with E-state index in [2.05, 4.69) is 4.74 Å². The van der Waals surface area contributed by atoms with Crippen LogP contribution in [-0.4, -0.2) is 17.4 Å². The number of carboxylic acid groups (broad SMARTS) is 1. The van der Waals surface area contributed by atoms with E-state index in [1.807, 2.05) is 0 Å². The number of carbonyl (C=O) groups is 1. The second-order valence-electron chi connectivity index (χ2n) is 3.07. The maximum Gasteiger partial charge on any atom is 0.573 e. The van der Waals surface area contributed by atoms with Gasteiger partial charge in [-0.3, -0.25) is 0 Å². The summed E-state index contributed by atoms with van der Waals surface area (Å²) in [6, 6.07) is 4.79. The van der Waals surface area contributed by atoms with E-state index in [0.717, 1.165) is 18.2 Å². The Morgan fingerprint density at radius 1 is 1.44 bits per heavy atom. The zero-order valence-electron chi connectivity index (χ0n) is 8.73. The van der Waals surface area contributed by atoms with Crippen LogP contribution in [-0.2, 0) is 0 Å². The van der Waals surface area contributed by atoms with E-state index in [0.29, 0.717) is 0 Å². The molecule has 0 heterocycles. The number of nitrogens with zero attached hydrogens (tertiary/aromatic N) is 1. The molecule has 94 valence electrons. The molecular formula is C11H6F3NO3. The molecule has 1 rings (SSSR count). The van der Waals surface area contributed by atoms with Gasteiger partial charge in [0.25, 0.3) is 0 Å². The minimum Gasteiger partial charge on any atom is -0.478 e. The van der Waals surface area contributed by atoms with E-state index in [-0.39, 0.29) is 5.56 Å². The van der Waals surface area contributed by atoms with Gasteiger partial charge in [0.2, 0.25) is 0 Å². The standard InChI is InChI=1S/C11H6F3NO3/c12-11(13,14)18-9-6-7(2-1-5-15)3-4-8(9)10(16)17/h1-4,6H,(H,16,17). The van der Waals surface area contributed by atoms with E-state index in [4.69, 9.17) is 10.4 Å². The number of rotatable bonds is 3. The molecule has 0 aliphatic heterocycles. The van der Waals surface area contributed by atoms with Crippen LogP contribution in [0, 0.1) is 11.3 Å². The Morgan fingerprint density at radius 2 is 2.11 bits per heavy atom. The molecule has 0 spiro atoms. The first-order chi connectivity index (χ1) is 8.33. The van der Waals surface area contributed by atoms with E-state index < -0.39 is 23.6 Å². The number of carboxylic acids is 1. The first kappa shape index (κ1) is 13.6. The smallest absolute Gasteiger partial charge is 0.478 e. The Hall–Kier alpha value is -2.49. The molecule has 0 unspecified atom stereocenters. The van der Waals surface area contributed by atoms with Crippen LogP contribution in [0.2, 0.25) is 0 Å². The van der Waals surface area contributed by atoms with Crippen LogP contribution in [0.3, 0.4) is 0 Å². The number of alkyl halides is 3. The third kappa shape index (κ3) is 3.83. The van der Waals surface area contributed by atoms with Gasteiger partial charge in [0.1, 0.15) is 11.3 Å². The second-order valence-corrected chi connectivity index (χ2v) is 3.07. The van der Waals surface area contributed by atoms with Gasteiger partial charge in [-0.05, 0) is 23.8 Å². The normalized spacial score (nSPS) is 11.2. The minimum atomic E-state index is -4.98. The fourth-order valence-corrected chi connectivity index (χ4v) is 1.16. The van der Waals surface area contributed by atoms with Crippen molar-refractivity contribution in [2.24, 2.45) is 0 Å². The number of ether oxygens (including phenoxy) is 1. The zero-order chi connectivity index (χ0) is 13.8. The van der Waals surface area contributed by atoms with Crippen LogP contribution >= 0.6 is 0 Å². The Kier molecular flexibility index (Phi) is 3.94. The van der Waals surface area contributed by atoms with Gasteiger partial charge >= 0.3 is 12.3 Å². The number of benzene rings is 1. The van der Waals surface area contributed by atoms with Crippen molar-refractivity contribution in [1.82, 2.24) is 0 Å². The summed E-state index contributed by atoms with van der Waals surface area (Å²) >= 11 is 0. The van der Waals surface area contributed by atoms with Crippen LogP contribution in [0.15, 0.2) is 24.3 Å². The molecule has 1 N–H and O–H groups in total. The van der Waals surface area contributed by atoms with Gasteiger partial charge in [-0.1, -0.05) is 6.07 Å². The first-order valence-corrected chi connectivity index (χ1v) is 4.53. The van der Waals surface area contributed by atoms with Crippen LogP contribution < -0.4 is 4.74 Å². The highest BCUT2D eigenvalue weighted by Crippen LogP contribution is 2.28. The molecule has 1 aromatic carbocycles. The van der Waals surface area contributed by atoms with Crippen molar-refractivity contribution < 1.29 is 27.8 Å². The lowest BCUT2D eigenvalue weighted by Crippen LogP contribution is -2.19. The van der Waals surface area contributed by atoms with Gasteiger partial charge in [0.05, 0.1) is 6.07 Å². The quantitative estimate of drug-likeness (QED) is 0.845. The third-order valence-corrected chi connectivity index (χ3v) is 1.81. The molecule has 0 aliphatic rings. The summed E-state index contributed by atoms with van der Waals surface area (Å²) < 4.78 is 39.9. The molecule has 0 aromatic heterocycles. The molecule has 4 nitrogen and oxygen atoms in total. The third-order valence-electron chi connectivity index (χ3n) is 1.81. The molecular weight excluding hydrogens is 251 g/mol. The molecule has 0 saturated carbocycles. The Bertz CT molecular complexity index is 529. The fourth-order valence-electron chi connectivity index (χ4n) is 1.16. The van der Waals surface area contributed by atoms with Crippen LogP contribution in [0.25, 0.3) is 6.08 Å². The molecule has 0 amide bonds. The largest absolute Gasteiger partial charge is 0.573 e. The molecule has 1 aromatic rings. The Labute approximate surface area is 99.5 Å². The Balaban J connectivity index is 3.20. The summed E-state index contributed by atoms with van der Waals surface area (Å²) in [5.41, 5.74) is -0.387. The van der Waals surface area contributed by atoms with Crippen molar-refractivity contribution in [2.45, 2.75) is 6.36 Å². The zero-order valence-corrected chi connectivity index (χ0v) is 8.73. The topological polar surface area (TPSA) is 70.3 Å². The van der Waals surface area contributed by atoms with Crippen molar-refractivity contribution >= 4 is 12.0 Å². The van der Waals surface area contributed by atoms with Crippen molar-refractivity contribution in [1.29, 1.82) is 5.26 Å². The summed E-state index contributed by atoms with van der Waals surface area (Å²) in [4.78, 5) is 10.7. The molecule has 0 saturated heterocycles. The number of hydrogen-bond acceptors (Lipinski definition) is 3. The van der Waals surface area contributed by atoms with Gasteiger partial charge in [-0.15, -0.1) is 13.2 Å². The lowest BCUT2D eigenvalue weighted by atomic mass is 10.1. The number of allylic oxidation sites excluding steroid dienone is 1. The minimum absolute atomic E-state index is 0.223. The van der Waals surface area contributed by atoms with Crippen molar-refractivity contribution in [3.05, 3.63) is 35.4 Å². The molecule has 7 heteroatoms. The maximum atomic E-state index is 12.1. The first-order valence-electron chi connectivity index (χ1n) is 4.53. The number of halogens is 3. The van der Waals surface area contributed by atoms with E-state index >= 15 is 0 Å². The molecule has 0 fully saturated rings. The number of nitriles is 1. The highest BCUT2D eigenvalue weighted by atomic mass is 19.4. The molecule has 0 atom stereocenters. The van der Waals surface area contributed by atoms with E-state index in [1.54, 1.807) is 6.07 Å².